The molecule has 5 heteroatoms. The number of carbonyl (C=O) groups excluding carboxylic acids is 1. The molecular formula is C13H22ClNO2S. The van der Waals surface area contributed by atoms with Gasteiger partial charge in [0.25, 0.3) is 0 Å². The molecule has 0 aromatic carbocycles. The number of thioether (sulfide) groups is 1. The summed E-state index contributed by atoms with van der Waals surface area (Å²) in [5.74, 6) is -0.0820. The number of halogens is 1. The number of ether oxygens (including phenoxy) is 1. The van der Waals surface area contributed by atoms with Gasteiger partial charge in [-0.15, -0.1) is 24.2 Å². The van der Waals surface area contributed by atoms with Crippen molar-refractivity contribution in [3.8, 4) is 0 Å². The average Bonchev–Trinajstić information content (AvgIpc) is 2.79. The van der Waals surface area contributed by atoms with E-state index < -0.39 is 0 Å². The highest BCUT2D eigenvalue weighted by Crippen LogP contribution is 2.39. The molecule has 0 spiro atoms. The Balaban J connectivity index is 0.00000162. The predicted octanol–water partition coefficient (Wildman–Crippen LogP) is 2.89. The van der Waals surface area contributed by atoms with E-state index in [0.717, 1.165) is 37.9 Å². The van der Waals surface area contributed by atoms with Gasteiger partial charge in [0.05, 0.1) is 6.61 Å². The molecule has 1 saturated heterocycles. The maximum Gasteiger partial charge on any atom is 0.334 e. The summed E-state index contributed by atoms with van der Waals surface area (Å²) in [6.07, 6.45) is 5.52. The SMILES string of the molecule is CCOC(=O)C1=C(SC2CCNCC2)CCC1.Cl. The fourth-order valence-corrected chi connectivity index (χ4v) is 3.86. The number of nitrogens with one attached hydrogen (secondary N) is 1. The first-order chi connectivity index (χ1) is 8.31. The van der Waals surface area contributed by atoms with Crippen molar-refractivity contribution in [2.75, 3.05) is 19.7 Å². The third-order valence-corrected chi connectivity index (χ3v) is 4.82. The van der Waals surface area contributed by atoms with Crippen LogP contribution >= 0.6 is 24.2 Å². The minimum absolute atomic E-state index is 0. The Kier molecular flexibility index (Phi) is 7.12. The van der Waals surface area contributed by atoms with Gasteiger partial charge in [-0.25, -0.2) is 4.79 Å². The predicted molar refractivity (Wildman–Crippen MR) is 78.2 cm³/mol. The summed E-state index contributed by atoms with van der Waals surface area (Å²) in [4.78, 5) is 13.1. The van der Waals surface area contributed by atoms with Crippen LogP contribution in [0.3, 0.4) is 0 Å². The number of carbonyl (C=O) groups is 1. The normalized spacial score (nSPS) is 20.7. The topological polar surface area (TPSA) is 38.3 Å². The van der Waals surface area contributed by atoms with Crippen molar-refractivity contribution >= 4 is 30.1 Å². The van der Waals surface area contributed by atoms with E-state index in [-0.39, 0.29) is 18.4 Å². The Labute approximate surface area is 120 Å². The van der Waals surface area contributed by atoms with Gasteiger partial charge in [-0.1, -0.05) is 0 Å². The number of hydrogen-bond acceptors (Lipinski definition) is 4. The number of esters is 1. The van der Waals surface area contributed by atoms with E-state index in [9.17, 15) is 4.79 Å². The van der Waals surface area contributed by atoms with Gasteiger partial charge in [0.1, 0.15) is 0 Å². The van der Waals surface area contributed by atoms with Crippen LogP contribution in [0.15, 0.2) is 10.5 Å². The van der Waals surface area contributed by atoms with Crippen LogP contribution in [0.1, 0.15) is 39.0 Å². The van der Waals surface area contributed by atoms with Gasteiger partial charge >= 0.3 is 5.97 Å². The number of rotatable bonds is 4. The van der Waals surface area contributed by atoms with Crippen molar-refractivity contribution in [1.29, 1.82) is 0 Å². The molecule has 0 amide bonds. The van der Waals surface area contributed by atoms with E-state index in [4.69, 9.17) is 4.74 Å². The molecule has 2 rings (SSSR count). The van der Waals surface area contributed by atoms with E-state index in [1.807, 2.05) is 18.7 Å². The van der Waals surface area contributed by atoms with Gasteiger partial charge in [-0.05, 0) is 57.0 Å². The van der Waals surface area contributed by atoms with Crippen LogP contribution < -0.4 is 5.32 Å². The van der Waals surface area contributed by atoms with Crippen LogP contribution in [0.5, 0.6) is 0 Å². The van der Waals surface area contributed by atoms with E-state index in [1.54, 1.807) is 0 Å². The van der Waals surface area contributed by atoms with Crippen LogP contribution in [0.2, 0.25) is 0 Å². The third kappa shape index (κ3) is 4.18. The van der Waals surface area contributed by atoms with Gasteiger partial charge < -0.3 is 10.1 Å². The summed E-state index contributed by atoms with van der Waals surface area (Å²) in [5.41, 5.74) is 0.954. The minimum Gasteiger partial charge on any atom is -0.463 e. The van der Waals surface area contributed by atoms with Gasteiger partial charge in [0, 0.05) is 10.8 Å². The van der Waals surface area contributed by atoms with Gasteiger partial charge in [0.2, 0.25) is 0 Å². The Bertz CT molecular complexity index is 314. The molecule has 0 aromatic rings. The second-order valence-electron chi connectivity index (χ2n) is 4.54. The molecule has 0 radical (unpaired) electrons. The Morgan fingerprint density at radius 2 is 2.11 bits per heavy atom. The second kappa shape index (κ2) is 8.08. The summed E-state index contributed by atoms with van der Waals surface area (Å²) in [6.45, 7) is 4.57. The molecule has 3 nitrogen and oxygen atoms in total. The van der Waals surface area contributed by atoms with E-state index in [0.29, 0.717) is 11.9 Å². The van der Waals surface area contributed by atoms with Gasteiger partial charge in [0.15, 0.2) is 0 Å². The lowest BCUT2D eigenvalue weighted by molar-refractivity contribution is -0.138. The molecule has 0 atom stereocenters. The molecule has 1 N–H and O–H groups in total. The summed E-state index contributed by atoms with van der Waals surface area (Å²) in [5, 5.41) is 4.06. The molecule has 1 heterocycles. The zero-order chi connectivity index (χ0) is 12.1. The third-order valence-electron chi connectivity index (χ3n) is 3.28. The minimum atomic E-state index is -0.0820. The van der Waals surface area contributed by atoms with Crippen molar-refractivity contribution in [3.63, 3.8) is 0 Å². The second-order valence-corrected chi connectivity index (χ2v) is 5.94. The largest absolute Gasteiger partial charge is 0.463 e. The van der Waals surface area contributed by atoms with Gasteiger partial charge in [-0.2, -0.15) is 0 Å². The average molecular weight is 292 g/mol. The van der Waals surface area contributed by atoms with Crippen molar-refractivity contribution < 1.29 is 9.53 Å². The number of hydrogen-bond donors (Lipinski definition) is 1. The molecule has 0 aromatic heterocycles. The molecule has 1 aliphatic carbocycles. The van der Waals surface area contributed by atoms with E-state index in [2.05, 4.69) is 5.32 Å². The summed E-state index contributed by atoms with van der Waals surface area (Å²) in [7, 11) is 0. The lowest BCUT2D eigenvalue weighted by atomic mass is 10.2. The van der Waals surface area contributed by atoms with Crippen molar-refractivity contribution in [2.24, 2.45) is 0 Å². The van der Waals surface area contributed by atoms with E-state index >= 15 is 0 Å². The first-order valence-electron chi connectivity index (χ1n) is 6.57. The summed E-state index contributed by atoms with van der Waals surface area (Å²) in [6, 6.07) is 0. The molecule has 2 aliphatic rings. The zero-order valence-corrected chi connectivity index (χ0v) is 12.5. The fourth-order valence-electron chi connectivity index (χ4n) is 2.39. The molecule has 0 saturated carbocycles. The monoisotopic (exact) mass is 291 g/mol. The molecule has 0 bridgehead atoms. The standard InChI is InChI=1S/C13H21NO2S.ClH/c1-2-16-13(15)11-4-3-5-12(11)17-10-6-8-14-9-7-10;/h10,14H,2-9H2,1H3;1H. The lowest BCUT2D eigenvalue weighted by Crippen LogP contribution is -2.29. The van der Waals surface area contributed by atoms with Crippen LogP contribution in [0.25, 0.3) is 0 Å². The van der Waals surface area contributed by atoms with Crippen LogP contribution in [-0.4, -0.2) is 30.9 Å². The van der Waals surface area contributed by atoms with Crippen LogP contribution in [-0.2, 0) is 9.53 Å². The van der Waals surface area contributed by atoms with E-state index in [1.165, 1.54) is 17.7 Å². The highest BCUT2D eigenvalue weighted by atomic mass is 35.5. The lowest BCUT2D eigenvalue weighted by Gasteiger charge is -2.22. The Hall–Kier alpha value is -0.190. The number of piperidine rings is 1. The smallest absolute Gasteiger partial charge is 0.334 e. The molecule has 18 heavy (non-hydrogen) atoms. The highest BCUT2D eigenvalue weighted by molar-refractivity contribution is 8.03. The quantitative estimate of drug-likeness (QED) is 0.809. The zero-order valence-electron chi connectivity index (χ0n) is 10.9. The Morgan fingerprint density at radius 1 is 1.39 bits per heavy atom. The molecule has 1 aliphatic heterocycles. The highest BCUT2D eigenvalue weighted by Gasteiger charge is 2.25. The first kappa shape index (κ1) is 15.9. The maximum atomic E-state index is 11.8. The van der Waals surface area contributed by atoms with Crippen molar-refractivity contribution in [3.05, 3.63) is 10.5 Å². The first-order valence-corrected chi connectivity index (χ1v) is 7.45. The summed E-state index contributed by atoms with van der Waals surface area (Å²) < 4.78 is 5.12. The molecule has 0 unspecified atom stereocenters. The Morgan fingerprint density at radius 3 is 2.78 bits per heavy atom. The molecule has 1 fully saturated rings. The van der Waals surface area contributed by atoms with Crippen LogP contribution in [0, 0.1) is 0 Å². The maximum absolute atomic E-state index is 11.8. The van der Waals surface area contributed by atoms with Crippen molar-refractivity contribution in [2.45, 2.75) is 44.3 Å². The van der Waals surface area contributed by atoms with Crippen LogP contribution in [0.4, 0.5) is 0 Å². The number of allylic oxidation sites excluding steroid dienone is 1. The molecular weight excluding hydrogens is 270 g/mol. The fraction of sp³-hybridized carbons (Fsp3) is 0.769. The summed E-state index contributed by atoms with van der Waals surface area (Å²) >= 11 is 1.93. The van der Waals surface area contributed by atoms with Gasteiger partial charge in [-0.3, -0.25) is 0 Å². The van der Waals surface area contributed by atoms with Crippen molar-refractivity contribution in [1.82, 2.24) is 5.32 Å². The molecule has 104 valence electrons.